The molecule has 2 rings (SSSR count). The van der Waals surface area contributed by atoms with Crippen LogP contribution in [0.15, 0.2) is 35.3 Å². The van der Waals surface area contributed by atoms with Crippen molar-refractivity contribution in [3.05, 3.63) is 35.9 Å². The van der Waals surface area contributed by atoms with Gasteiger partial charge in [0.2, 0.25) is 0 Å². The summed E-state index contributed by atoms with van der Waals surface area (Å²) in [6, 6.07) is 10.3. The monoisotopic (exact) mass is 403 g/mol. The fraction of sp³-hybridized carbons (Fsp3) is 0.696. The van der Waals surface area contributed by atoms with Gasteiger partial charge in [0.05, 0.1) is 13.2 Å². The molecule has 2 N–H and O–H groups in total. The van der Waals surface area contributed by atoms with Gasteiger partial charge in [0.1, 0.15) is 0 Å². The van der Waals surface area contributed by atoms with Crippen LogP contribution in [0.3, 0.4) is 0 Å². The molecule has 0 radical (unpaired) electrons. The number of guanidine groups is 1. The minimum absolute atomic E-state index is 0.421. The van der Waals surface area contributed by atoms with Crippen LogP contribution in [-0.2, 0) is 11.3 Å². The molecule has 1 aromatic rings. The van der Waals surface area contributed by atoms with Gasteiger partial charge in [-0.05, 0) is 23.9 Å². The summed E-state index contributed by atoms with van der Waals surface area (Å²) in [7, 11) is 1.83. The summed E-state index contributed by atoms with van der Waals surface area (Å²) in [5.74, 6) is 1.89. The first-order valence-electron chi connectivity index (χ1n) is 11.1. The molecule has 0 aliphatic carbocycles. The third-order valence-electron chi connectivity index (χ3n) is 5.46. The van der Waals surface area contributed by atoms with Gasteiger partial charge in [-0.25, -0.2) is 0 Å². The van der Waals surface area contributed by atoms with Crippen molar-refractivity contribution in [2.45, 2.75) is 27.4 Å². The van der Waals surface area contributed by atoms with Crippen molar-refractivity contribution >= 4 is 5.96 Å². The molecule has 1 heterocycles. The molecule has 6 nitrogen and oxygen atoms in total. The first-order chi connectivity index (χ1) is 14.1. The number of nitrogens with zero attached hydrogens (tertiary/aromatic N) is 3. The lowest BCUT2D eigenvalue weighted by Crippen LogP contribution is -2.48. The Balaban J connectivity index is 1.57. The number of ether oxygens (including phenoxy) is 1. The Kier molecular flexibility index (Phi) is 11.1. The number of benzene rings is 1. The summed E-state index contributed by atoms with van der Waals surface area (Å²) in [5, 5.41) is 6.91. The van der Waals surface area contributed by atoms with Gasteiger partial charge >= 0.3 is 0 Å². The summed E-state index contributed by atoms with van der Waals surface area (Å²) < 4.78 is 5.84. The summed E-state index contributed by atoms with van der Waals surface area (Å²) in [6.07, 6.45) is 0. The second kappa shape index (κ2) is 13.6. The van der Waals surface area contributed by atoms with Crippen LogP contribution in [0.5, 0.6) is 0 Å². The van der Waals surface area contributed by atoms with Gasteiger partial charge < -0.3 is 25.2 Å². The topological polar surface area (TPSA) is 52.1 Å². The molecule has 1 aliphatic heterocycles. The van der Waals surface area contributed by atoms with Crippen molar-refractivity contribution < 1.29 is 4.74 Å². The van der Waals surface area contributed by atoms with E-state index in [1.165, 1.54) is 38.3 Å². The number of rotatable bonds is 11. The molecular formula is C23H41N5O. The van der Waals surface area contributed by atoms with E-state index in [1.54, 1.807) is 0 Å². The molecular weight excluding hydrogens is 362 g/mol. The zero-order valence-corrected chi connectivity index (χ0v) is 18.9. The average molecular weight is 404 g/mol. The van der Waals surface area contributed by atoms with Crippen LogP contribution < -0.4 is 10.6 Å². The van der Waals surface area contributed by atoms with E-state index in [0.717, 1.165) is 32.2 Å². The highest BCUT2D eigenvalue weighted by atomic mass is 16.5. The van der Waals surface area contributed by atoms with E-state index >= 15 is 0 Å². The molecule has 2 unspecified atom stereocenters. The largest absolute Gasteiger partial charge is 0.376 e. The quantitative estimate of drug-likeness (QED) is 0.439. The zero-order valence-electron chi connectivity index (χ0n) is 18.9. The molecule has 6 heteroatoms. The van der Waals surface area contributed by atoms with Crippen LogP contribution in [0.2, 0.25) is 0 Å². The van der Waals surface area contributed by atoms with Gasteiger partial charge in [-0.15, -0.1) is 0 Å². The number of aliphatic imine (C=N–C) groups is 1. The van der Waals surface area contributed by atoms with E-state index in [1.807, 2.05) is 25.2 Å². The highest BCUT2D eigenvalue weighted by Gasteiger charge is 2.17. The van der Waals surface area contributed by atoms with Crippen molar-refractivity contribution in [1.29, 1.82) is 0 Å². The smallest absolute Gasteiger partial charge is 0.190 e. The number of hydrogen-bond acceptors (Lipinski definition) is 4. The maximum atomic E-state index is 5.84. The van der Waals surface area contributed by atoms with E-state index in [0.29, 0.717) is 18.4 Å². The molecule has 0 bridgehead atoms. The lowest BCUT2D eigenvalue weighted by Gasteiger charge is -2.35. The van der Waals surface area contributed by atoms with E-state index in [4.69, 9.17) is 4.74 Å². The Hall–Kier alpha value is -1.63. The lowest BCUT2D eigenvalue weighted by atomic mass is 10.1. The first kappa shape index (κ1) is 23.6. The van der Waals surface area contributed by atoms with E-state index in [9.17, 15) is 0 Å². The maximum absolute atomic E-state index is 5.84. The standard InChI is InChI=1S/C23H41N5O/c1-5-27-11-13-28(14-12-27)17-20(2)15-25-23(24-4)26-16-21(3)18-29-19-22-9-7-6-8-10-22/h6-10,20-21H,5,11-19H2,1-4H3,(H2,24,25,26). The third kappa shape index (κ3) is 9.61. The van der Waals surface area contributed by atoms with Gasteiger partial charge in [-0.1, -0.05) is 51.1 Å². The minimum atomic E-state index is 0.421. The normalized spacial score (nSPS) is 18.4. The van der Waals surface area contributed by atoms with Crippen molar-refractivity contribution in [3.63, 3.8) is 0 Å². The van der Waals surface area contributed by atoms with Gasteiger partial charge in [0, 0.05) is 52.9 Å². The van der Waals surface area contributed by atoms with Crippen LogP contribution >= 0.6 is 0 Å². The summed E-state index contributed by atoms with van der Waals surface area (Å²) in [4.78, 5) is 9.47. The van der Waals surface area contributed by atoms with Gasteiger partial charge in [0.25, 0.3) is 0 Å². The fourth-order valence-electron chi connectivity index (χ4n) is 3.57. The fourth-order valence-corrected chi connectivity index (χ4v) is 3.57. The molecule has 0 spiro atoms. The summed E-state index contributed by atoms with van der Waals surface area (Å²) in [5.41, 5.74) is 1.22. The molecule has 1 fully saturated rings. The molecule has 164 valence electrons. The number of piperazine rings is 1. The number of likely N-dealkylation sites (N-methyl/N-ethyl adjacent to an activating group) is 1. The SMILES string of the molecule is CCN1CCN(CC(C)CNC(=NC)NCC(C)COCc2ccccc2)CC1. The molecule has 2 atom stereocenters. The van der Waals surface area contributed by atoms with Crippen LogP contribution in [0.4, 0.5) is 0 Å². The highest BCUT2D eigenvalue weighted by Crippen LogP contribution is 2.05. The molecule has 1 saturated heterocycles. The molecule has 1 aliphatic rings. The predicted octanol–water partition coefficient (Wildman–Crippen LogP) is 2.28. The molecule has 1 aromatic carbocycles. The highest BCUT2D eigenvalue weighted by molar-refractivity contribution is 5.79. The Morgan fingerprint density at radius 3 is 2.24 bits per heavy atom. The Labute approximate surface area is 177 Å². The van der Waals surface area contributed by atoms with Crippen LogP contribution in [0, 0.1) is 11.8 Å². The van der Waals surface area contributed by atoms with Crippen LogP contribution in [0.25, 0.3) is 0 Å². The number of nitrogens with one attached hydrogen (secondary N) is 2. The van der Waals surface area contributed by atoms with E-state index in [2.05, 4.69) is 58.3 Å². The third-order valence-corrected chi connectivity index (χ3v) is 5.46. The molecule has 0 amide bonds. The van der Waals surface area contributed by atoms with Gasteiger partial charge in [0.15, 0.2) is 5.96 Å². The van der Waals surface area contributed by atoms with Crippen molar-refractivity contribution in [2.24, 2.45) is 16.8 Å². The van der Waals surface area contributed by atoms with Crippen molar-refractivity contribution in [2.75, 3.05) is 66.0 Å². The first-order valence-corrected chi connectivity index (χ1v) is 11.1. The van der Waals surface area contributed by atoms with E-state index < -0.39 is 0 Å². The maximum Gasteiger partial charge on any atom is 0.190 e. The summed E-state index contributed by atoms with van der Waals surface area (Å²) >= 11 is 0. The predicted molar refractivity (Wildman–Crippen MR) is 122 cm³/mol. The van der Waals surface area contributed by atoms with Crippen molar-refractivity contribution in [3.8, 4) is 0 Å². The average Bonchev–Trinajstić information content (AvgIpc) is 2.75. The number of hydrogen-bond donors (Lipinski definition) is 2. The minimum Gasteiger partial charge on any atom is -0.376 e. The second-order valence-corrected chi connectivity index (χ2v) is 8.28. The Bertz CT molecular complexity index is 572. The lowest BCUT2D eigenvalue weighted by molar-refractivity contribution is 0.0931. The van der Waals surface area contributed by atoms with Crippen LogP contribution in [0.1, 0.15) is 26.3 Å². The Morgan fingerprint density at radius 1 is 1.00 bits per heavy atom. The molecule has 29 heavy (non-hydrogen) atoms. The molecule has 0 aromatic heterocycles. The van der Waals surface area contributed by atoms with Crippen molar-refractivity contribution in [1.82, 2.24) is 20.4 Å². The zero-order chi connectivity index (χ0) is 20.9. The second-order valence-electron chi connectivity index (χ2n) is 8.28. The van der Waals surface area contributed by atoms with Crippen LogP contribution in [-0.4, -0.2) is 81.8 Å². The Morgan fingerprint density at radius 2 is 1.62 bits per heavy atom. The van der Waals surface area contributed by atoms with Gasteiger partial charge in [-0.3, -0.25) is 4.99 Å². The van der Waals surface area contributed by atoms with Gasteiger partial charge in [-0.2, -0.15) is 0 Å². The molecule has 0 saturated carbocycles. The summed E-state index contributed by atoms with van der Waals surface area (Å²) in [6.45, 7) is 17.0. The van der Waals surface area contributed by atoms with E-state index in [-0.39, 0.29) is 0 Å².